The van der Waals surface area contributed by atoms with Crippen LogP contribution in [0.15, 0.2) is 0 Å². The second-order valence-electron chi connectivity index (χ2n) is 8.28. The lowest BCUT2D eigenvalue weighted by atomic mass is 10.2. The number of ether oxygens (including phenoxy) is 7. The van der Waals surface area contributed by atoms with E-state index in [2.05, 4.69) is 6.92 Å². The molecule has 0 aliphatic rings. The summed E-state index contributed by atoms with van der Waals surface area (Å²) in [7, 11) is 1.69. The molecule has 0 fully saturated rings. The third-order valence-electron chi connectivity index (χ3n) is 4.03. The number of carbonyl (C=O) groups excluding carboxylic acids is 1. The predicted octanol–water partition coefficient (Wildman–Crippen LogP) is 3.14. The number of nitrogens with zero attached hydrogens (tertiary/aromatic N) is 1. The number of carbonyl (C=O) groups is 1. The van der Waals surface area contributed by atoms with Crippen molar-refractivity contribution in [3.8, 4) is 0 Å². The molecule has 32 heavy (non-hydrogen) atoms. The van der Waals surface area contributed by atoms with Crippen molar-refractivity contribution in [2.45, 2.75) is 52.6 Å². The van der Waals surface area contributed by atoms with Crippen LogP contribution in [-0.2, 0) is 33.2 Å². The molecule has 0 spiro atoms. The maximum atomic E-state index is 11.8. The lowest BCUT2D eigenvalue weighted by Gasteiger charge is -2.24. The lowest BCUT2D eigenvalue weighted by molar-refractivity contribution is -0.0179. The van der Waals surface area contributed by atoms with Crippen molar-refractivity contribution in [2.75, 3.05) is 92.9 Å². The minimum Gasteiger partial charge on any atom is -0.444 e. The van der Waals surface area contributed by atoms with E-state index < -0.39 is 5.60 Å². The van der Waals surface area contributed by atoms with Crippen LogP contribution in [0.2, 0.25) is 0 Å². The van der Waals surface area contributed by atoms with Gasteiger partial charge >= 0.3 is 6.09 Å². The molecule has 1 amide bonds. The fraction of sp³-hybridized carbons (Fsp3) is 0.957. The number of unbranched alkanes of at least 4 members (excludes halogenated alkanes) is 2. The Balaban J connectivity index is 3.20. The topological polar surface area (TPSA) is 84.9 Å². The van der Waals surface area contributed by atoms with Crippen molar-refractivity contribution in [2.24, 2.45) is 0 Å². The van der Waals surface area contributed by atoms with Gasteiger partial charge in [-0.1, -0.05) is 19.8 Å². The van der Waals surface area contributed by atoms with E-state index in [0.29, 0.717) is 79.2 Å². The quantitative estimate of drug-likeness (QED) is 0.226. The highest BCUT2D eigenvalue weighted by Gasteiger charge is 2.19. The number of hydrogen-bond donors (Lipinski definition) is 0. The molecule has 0 aromatic rings. The van der Waals surface area contributed by atoms with E-state index in [1.165, 1.54) is 17.7 Å². The average Bonchev–Trinajstić information content (AvgIpc) is 2.73. The Morgan fingerprint density at radius 2 is 1.00 bits per heavy atom. The summed E-state index contributed by atoms with van der Waals surface area (Å²) < 4.78 is 37.9. The molecule has 0 aromatic carbocycles. The van der Waals surface area contributed by atoms with Crippen LogP contribution in [0.1, 0.15) is 47.0 Å². The maximum absolute atomic E-state index is 11.8. The van der Waals surface area contributed by atoms with Crippen molar-refractivity contribution in [1.82, 2.24) is 4.90 Å². The average molecular weight is 466 g/mol. The summed E-state index contributed by atoms with van der Waals surface area (Å²) >= 11 is 0. The van der Waals surface area contributed by atoms with Gasteiger partial charge in [0.15, 0.2) is 0 Å². The first-order valence-corrected chi connectivity index (χ1v) is 11.8. The van der Waals surface area contributed by atoms with Crippen molar-refractivity contribution >= 4 is 6.09 Å². The molecule has 192 valence electrons. The van der Waals surface area contributed by atoms with Gasteiger partial charge in [-0.3, -0.25) is 0 Å². The van der Waals surface area contributed by atoms with Crippen LogP contribution in [0, 0.1) is 0 Å². The van der Waals surface area contributed by atoms with Gasteiger partial charge in [-0.25, -0.2) is 4.79 Å². The number of likely N-dealkylation sites (N-methyl/N-ethyl adjacent to an activating group) is 1. The Morgan fingerprint density at radius 1 is 0.625 bits per heavy atom. The molecule has 0 saturated carbocycles. The Hall–Kier alpha value is -0.970. The molecule has 0 radical (unpaired) electrons. The van der Waals surface area contributed by atoms with Gasteiger partial charge in [0.1, 0.15) is 5.60 Å². The molecular weight excluding hydrogens is 418 g/mol. The van der Waals surface area contributed by atoms with Crippen LogP contribution >= 0.6 is 0 Å². The Labute approximate surface area is 194 Å². The first kappa shape index (κ1) is 31.0. The van der Waals surface area contributed by atoms with Gasteiger partial charge in [-0.05, 0) is 27.2 Å². The fourth-order valence-electron chi connectivity index (χ4n) is 2.29. The van der Waals surface area contributed by atoms with Gasteiger partial charge < -0.3 is 38.1 Å². The molecule has 0 bridgehead atoms. The molecule has 0 N–H and O–H groups in total. The number of hydrogen-bond acceptors (Lipinski definition) is 8. The zero-order chi connectivity index (χ0) is 23.9. The van der Waals surface area contributed by atoms with E-state index in [0.717, 1.165) is 13.0 Å². The third-order valence-corrected chi connectivity index (χ3v) is 4.03. The Bertz CT molecular complexity index is 417. The first-order valence-electron chi connectivity index (χ1n) is 11.8. The van der Waals surface area contributed by atoms with Crippen LogP contribution in [0.5, 0.6) is 0 Å². The summed E-state index contributed by atoms with van der Waals surface area (Å²) in [5.74, 6) is 0. The van der Waals surface area contributed by atoms with E-state index in [4.69, 9.17) is 33.2 Å². The SMILES string of the molecule is CCCCCOCCOCCOCCOCCOCCOCCN(C)C(=O)OC(C)(C)C. The van der Waals surface area contributed by atoms with E-state index >= 15 is 0 Å². The van der Waals surface area contributed by atoms with Crippen molar-refractivity contribution in [3.63, 3.8) is 0 Å². The molecule has 0 aliphatic carbocycles. The molecule has 0 aliphatic heterocycles. The highest BCUT2D eigenvalue weighted by atomic mass is 16.6. The summed E-state index contributed by atoms with van der Waals surface area (Å²) in [5, 5.41) is 0. The van der Waals surface area contributed by atoms with Crippen LogP contribution in [0.3, 0.4) is 0 Å². The minimum atomic E-state index is -0.495. The molecule has 0 unspecified atom stereocenters. The zero-order valence-corrected chi connectivity index (χ0v) is 21.0. The normalized spacial score (nSPS) is 11.7. The fourth-order valence-corrected chi connectivity index (χ4v) is 2.29. The standard InChI is InChI=1S/C23H47NO8/c1-6-7-8-10-26-12-14-28-16-18-30-20-21-31-19-17-29-15-13-27-11-9-24(5)22(25)32-23(2,3)4/h6-21H2,1-5H3. The van der Waals surface area contributed by atoms with Gasteiger partial charge in [0.25, 0.3) is 0 Å². The number of rotatable bonds is 22. The second kappa shape index (κ2) is 21.9. The molecule has 9 heteroatoms. The van der Waals surface area contributed by atoms with Crippen LogP contribution in [0.25, 0.3) is 0 Å². The van der Waals surface area contributed by atoms with Crippen LogP contribution in [0.4, 0.5) is 4.79 Å². The third kappa shape index (κ3) is 23.7. The molecule has 9 nitrogen and oxygen atoms in total. The molecule has 0 rings (SSSR count). The van der Waals surface area contributed by atoms with Crippen molar-refractivity contribution in [1.29, 1.82) is 0 Å². The largest absolute Gasteiger partial charge is 0.444 e. The summed E-state index contributed by atoms with van der Waals surface area (Å²) in [6, 6.07) is 0. The molecule has 0 atom stereocenters. The lowest BCUT2D eigenvalue weighted by Crippen LogP contribution is -2.36. The molecule has 0 heterocycles. The summed E-state index contributed by atoms with van der Waals surface area (Å²) in [5.41, 5.74) is -0.495. The molecular formula is C23H47NO8. The van der Waals surface area contributed by atoms with Gasteiger partial charge in [0.05, 0.1) is 72.7 Å². The van der Waals surface area contributed by atoms with Crippen molar-refractivity contribution < 1.29 is 38.0 Å². The maximum Gasteiger partial charge on any atom is 0.410 e. The Kier molecular flexibility index (Phi) is 21.2. The highest BCUT2D eigenvalue weighted by molar-refractivity contribution is 5.67. The second-order valence-corrected chi connectivity index (χ2v) is 8.28. The predicted molar refractivity (Wildman–Crippen MR) is 123 cm³/mol. The van der Waals surface area contributed by atoms with E-state index in [9.17, 15) is 4.79 Å². The summed E-state index contributed by atoms with van der Waals surface area (Å²) in [4.78, 5) is 13.3. The van der Waals surface area contributed by atoms with Crippen LogP contribution < -0.4 is 0 Å². The van der Waals surface area contributed by atoms with Crippen LogP contribution in [-0.4, -0.2) is 109 Å². The van der Waals surface area contributed by atoms with E-state index in [1.807, 2.05) is 20.8 Å². The smallest absolute Gasteiger partial charge is 0.410 e. The van der Waals surface area contributed by atoms with Gasteiger partial charge in [-0.15, -0.1) is 0 Å². The van der Waals surface area contributed by atoms with Gasteiger partial charge in [0, 0.05) is 20.2 Å². The van der Waals surface area contributed by atoms with E-state index in [1.54, 1.807) is 7.05 Å². The van der Waals surface area contributed by atoms with Gasteiger partial charge in [0.2, 0.25) is 0 Å². The summed E-state index contributed by atoms with van der Waals surface area (Å²) in [6.45, 7) is 14.8. The van der Waals surface area contributed by atoms with Gasteiger partial charge in [-0.2, -0.15) is 0 Å². The zero-order valence-electron chi connectivity index (χ0n) is 21.0. The highest BCUT2D eigenvalue weighted by Crippen LogP contribution is 2.08. The first-order chi connectivity index (χ1) is 15.4. The monoisotopic (exact) mass is 465 g/mol. The van der Waals surface area contributed by atoms with Crippen molar-refractivity contribution in [3.05, 3.63) is 0 Å². The summed E-state index contributed by atoms with van der Waals surface area (Å²) in [6.07, 6.45) is 3.19. The number of amides is 1. The molecule has 0 aromatic heterocycles. The Morgan fingerprint density at radius 3 is 1.38 bits per heavy atom. The molecule has 0 saturated heterocycles. The van der Waals surface area contributed by atoms with E-state index in [-0.39, 0.29) is 6.09 Å². The minimum absolute atomic E-state index is 0.353.